The summed E-state index contributed by atoms with van der Waals surface area (Å²) in [6.45, 7) is 10.5. The summed E-state index contributed by atoms with van der Waals surface area (Å²) in [7, 11) is 4.36. The third kappa shape index (κ3) is 4.81. The van der Waals surface area contributed by atoms with E-state index >= 15 is 0 Å². The van der Waals surface area contributed by atoms with Gasteiger partial charge in [-0.2, -0.15) is 0 Å². The van der Waals surface area contributed by atoms with E-state index < -0.39 is 0 Å². The van der Waals surface area contributed by atoms with E-state index in [0.29, 0.717) is 0 Å². The largest absolute Gasteiger partial charge is 0.317 e. The standard InChI is InChI=1S/C13H29N3/c1-5-14-9-12(2)10-16-8-6-7-13(16)11-15(3)4/h12-14H,5-11H2,1-4H3. The second-order valence-electron chi connectivity index (χ2n) is 5.47. The maximum Gasteiger partial charge on any atom is 0.0223 e. The van der Waals surface area contributed by atoms with Gasteiger partial charge in [-0.15, -0.1) is 0 Å². The van der Waals surface area contributed by atoms with Crippen molar-refractivity contribution in [3.05, 3.63) is 0 Å². The van der Waals surface area contributed by atoms with Crippen LogP contribution in [0.3, 0.4) is 0 Å². The summed E-state index contributed by atoms with van der Waals surface area (Å²) < 4.78 is 0. The van der Waals surface area contributed by atoms with Crippen LogP contribution in [-0.4, -0.2) is 62.7 Å². The smallest absolute Gasteiger partial charge is 0.0223 e. The summed E-state index contributed by atoms with van der Waals surface area (Å²) in [6, 6.07) is 0.791. The lowest BCUT2D eigenvalue weighted by Crippen LogP contribution is -2.41. The molecule has 3 heteroatoms. The number of likely N-dealkylation sites (N-methyl/N-ethyl adjacent to an activating group) is 1. The first kappa shape index (κ1) is 13.9. The van der Waals surface area contributed by atoms with Crippen LogP contribution in [0, 0.1) is 5.92 Å². The molecule has 1 saturated heterocycles. The Labute approximate surface area is 101 Å². The fourth-order valence-corrected chi connectivity index (χ4v) is 2.62. The number of nitrogens with one attached hydrogen (secondary N) is 1. The topological polar surface area (TPSA) is 18.5 Å². The number of hydrogen-bond acceptors (Lipinski definition) is 3. The fraction of sp³-hybridized carbons (Fsp3) is 1.00. The van der Waals surface area contributed by atoms with Crippen molar-refractivity contribution >= 4 is 0 Å². The lowest BCUT2D eigenvalue weighted by molar-refractivity contribution is 0.184. The molecule has 1 fully saturated rings. The summed E-state index contributed by atoms with van der Waals surface area (Å²) in [5.41, 5.74) is 0. The Hall–Kier alpha value is -0.120. The van der Waals surface area contributed by atoms with Crippen LogP contribution in [0.5, 0.6) is 0 Å². The van der Waals surface area contributed by atoms with Crippen LogP contribution in [0.2, 0.25) is 0 Å². The molecule has 2 atom stereocenters. The Morgan fingerprint density at radius 2 is 2.19 bits per heavy atom. The summed E-state index contributed by atoms with van der Waals surface area (Å²) >= 11 is 0. The molecule has 0 aromatic carbocycles. The predicted molar refractivity (Wildman–Crippen MR) is 70.9 cm³/mol. The number of likely N-dealkylation sites (tertiary alicyclic amines) is 1. The van der Waals surface area contributed by atoms with Crippen molar-refractivity contribution in [1.29, 1.82) is 0 Å². The van der Waals surface area contributed by atoms with Crippen LogP contribution in [-0.2, 0) is 0 Å². The zero-order chi connectivity index (χ0) is 12.0. The minimum atomic E-state index is 0.766. The third-order valence-corrected chi connectivity index (χ3v) is 3.36. The molecule has 1 aliphatic heterocycles. The van der Waals surface area contributed by atoms with Crippen molar-refractivity contribution in [1.82, 2.24) is 15.1 Å². The van der Waals surface area contributed by atoms with E-state index in [1.54, 1.807) is 0 Å². The normalized spacial score (nSPS) is 24.2. The Morgan fingerprint density at radius 3 is 2.81 bits per heavy atom. The van der Waals surface area contributed by atoms with Crippen LogP contribution in [0.15, 0.2) is 0 Å². The van der Waals surface area contributed by atoms with Gasteiger partial charge in [-0.3, -0.25) is 4.90 Å². The highest BCUT2D eigenvalue weighted by molar-refractivity contribution is 4.82. The molecule has 0 aromatic heterocycles. The van der Waals surface area contributed by atoms with Gasteiger partial charge in [0.05, 0.1) is 0 Å². The molecule has 1 heterocycles. The maximum absolute atomic E-state index is 3.44. The van der Waals surface area contributed by atoms with Crippen molar-refractivity contribution < 1.29 is 0 Å². The molecule has 0 amide bonds. The summed E-state index contributed by atoms with van der Waals surface area (Å²) in [5, 5.41) is 3.44. The van der Waals surface area contributed by atoms with Gasteiger partial charge in [-0.05, 0) is 52.5 Å². The molecular weight excluding hydrogens is 198 g/mol. The van der Waals surface area contributed by atoms with E-state index in [2.05, 4.69) is 43.1 Å². The van der Waals surface area contributed by atoms with E-state index in [9.17, 15) is 0 Å². The molecule has 2 unspecified atom stereocenters. The van der Waals surface area contributed by atoms with Gasteiger partial charge >= 0.3 is 0 Å². The van der Waals surface area contributed by atoms with E-state index in [-0.39, 0.29) is 0 Å². The molecule has 1 aliphatic rings. The van der Waals surface area contributed by atoms with Gasteiger partial charge in [-0.25, -0.2) is 0 Å². The fourth-order valence-electron chi connectivity index (χ4n) is 2.62. The molecule has 96 valence electrons. The maximum atomic E-state index is 3.44. The van der Waals surface area contributed by atoms with Gasteiger partial charge in [0.1, 0.15) is 0 Å². The minimum absolute atomic E-state index is 0.766. The lowest BCUT2D eigenvalue weighted by Gasteiger charge is -2.29. The molecule has 1 N–H and O–H groups in total. The average molecular weight is 227 g/mol. The Bertz CT molecular complexity index is 182. The van der Waals surface area contributed by atoms with Crippen LogP contribution >= 0.6 is 0 Å². The van der Waals surface area contributed by atoms with Crippen molar-refractivity contribution in [3.8, 4) is 0 Å². The van der Waals surface area contributed by atoms with Crippen LogP contribution < -0.4 is 5.32 Å². The SMILES string of the molecule is CCNCC(C)CN1CCCC1CN(C)C. The van der Waals surface area contributed by atoms with Crippen molar-refractivity contribution in [3.63, 3.8) is 0 Å². The molecule has 0 saturated carbocycles. The molecule has 1 rings (SSSR count). The van der Waals surface area contributed by atoms with Crippen molar-refractivity contribution in [2.75, 3.05) is 46.8 Å². The van der Waals surface area contributed by atoms with Crippen LogP contribution in [0.4, 0.5) is 0 Å². The zero-order valence-corrected chi connectivity index (χ0v) is 11.5. The predicted octanol–water partition coefficient (Wildman–Crippen LogP) is 1.26. The van der Waals surface area contributed by atoms with Gasteiger partial charge in [0.25, 0.3) is 0 Å². The van der Waals surface area contributed by atoms with Gasteiger partial charge < -0.3 is 10.2 Å². The van der Waals surface area contributed by atoms with E-state index in [4.69, 9.17) is 0 Å². The summed E-state index contributed by atoms with van der Waals surface area (Å²) in [4.78, 5) is 5.00. The first-order chi connectivity index (χ1) is 7.63. The Kier molecular flexibility index (Phi) is 6.32. The van der Waals surface area contributed by atoms with E-state index in [1.165, 1.54) is 32.5 Å². The molecule has 0 aliphatic carbocycles. The zero-order valence-electron chi connectivity index (χ0n) is 11.5. The minimum Gasteiger partial charge on any atom is -0.317 e. The molecule has 0 spiro atoms. The second-order valence-corrected chi connectivity index (χ2v) is 5.47. The summed E-state index contributed by atoms with van der Waals surface area (Å²) in [5.74, 6) is 0.766. The van der Waals surface area contributed by atoms with Crippen LogP contribution in [0.25, 0.3) is 0 Å². The van der Waals surface area contributed by atoms with Crippen molar-refractivity contribution in [2.45, 2.75) is 32.7 Å². The third-order valence-electron chi connectivity index (χ3n) is 3.36. The van der Waals surface area contributed by atoms with Gasteiger partial charge in [-0.1, -0.05) is 13.8 Å². The number of hydrogen-bond donors (Lipinski definition) is 1. The molecule has 0 radical (unpaired) electrons. The Balaban J connectivity index is 2.28. The highest BCUT2D eigenvalue weighted by Crippen LogP contribution is 2.18. The lowest BCUT2D eigenvalue weighted by atomic mass is 10.1. The van der Waals surface area contributed by atoms with Gasteiger partial charge in [0.15, 0.2) is 0 Å². The van der Waals surface area contributed by atoms with Crippen LogP contribution in [0.1, 0.15) is 26.7 Å². The molecule has 3 nitrogen and oxygen atoms in total. The second kappa shape index (κ2) is 7.25. The van der Waals surface area contributed by atoms with Crippen molar-refractivity contribution in [2.24, 2.45) is 5.92 Å². The summed E-state index contributed by atoms with van der Waals surface area (Å²) in [6.07, 6.45) is 2.76. The van der Waals surface area contributed by atoms with Gasteiger partial charge in [0.2, 0.25) is 0 Å². The van der Waals surface area contributed by atoms with E-state index in [0.717, 1.165) is 25.0 Å². The first-order valence-corrected chi connectivity index (χ1v) is 6.73. The quantitative estimate of drug-likeness (QED) is 0.706. The highest BCUT2D eigenvalue weighted by Gasteiger charge is 2.25. The first-order valence-electron chi connectivity index (χ1n) is 6.73. The number of nitrogens with zero attached hydrogens (tertiary/aromatic N) is 2. The number of rotatable bonds is 7. The molecule has 0 bridgehead atoms. The molecule has 16 heavy (non-hydrogen) atoms. The monoisotopic (exact) mass is 227 g/mol. The Morgan fingerprint density at radius 1 is 1.44 bits per heavy atom. The molecule has 0 aromatic rings. The average Bonchev–Trinajstić information content (AvgIpc) is 2.62. The van der Waals surface area contributed by atoms with E-state index in [1.807, 2.05) is 0 Å². The van der Waals surface area contributed by atoms with Gasteiger partial charge in [0, 0.05) is 19.1 Å². The molecular formula is C13H29N3. The highest BCUT2D eigenvalue weighted by atomic mass is 15.2.